The molecule has 0 saturated carbocycles. The van der Waals surface area contributed by atoms with Gasteiger partial charge in [0.25, 0.3) is 11.7 Å². The molecule has 1 saturated heterocycles. The summed E-state index contributed by atoms with van der Waals surface area (Å²) in [4.78, 5) is 26.7. The predicted octanol–water partition coefficient (Wildman–Crippen LogP) is 3.45. The predicted molar refractivity (Wildman–Crippen MR) is 103 cm³/mol. The largest absolute Gasteiger partial charge is 0.507 e. The Morgan fingerprint density at radius 3 is 2.30 bits per heavy atom. The molecular weight excluding hydrogens is 366 g/mol. The Balaban J connectivity index is 2.14. The van der Waals surface area contributed by atoms with Crippen molar-refractivity contribution in [3.05, 3.63) is 75.8 Å². The number of aliphatic hydroxyl groups excluding tert-OH is 2. The van der Waals surface area contributed by atoms with Crippen LogP contribution in [0.1, 0.15) is 29.2 Å². The van der Waals surface area contributed by atoms with Gasteiger partial charge in [-0.1, -0.05) is 53.6 Å². The zero-order valence-corrected chi connectivity index (χ0v) is 15.6. The van der Waals surface area contributed by atoms with Crippen LogP contribution in [0.4, 0.5) is 0 Å². The van der Waals surface area contributed by atoms with Gasteiger partial charge in [-0.25, -0.2) is 0 Å². The SMILES string of the molecule is Cc1ccc(/C(O)=C2/C(=O)C(=O)N(CCCO)C2c2ccc(Cl)cc2)cc1. The number of benzene rings is 2. The molecule has 3 rings (SSSR count). The lowest BCUT2D eigenvalue weighted by atomic mass is 9.95. The Labute approximate surface area is 162 Å². The number of rotatable bonds is 5. The van der Waals surface area contributed by atoms with E-state index in [1.165, 1.54) is 4.90 Å². The number of hydrogen-bond donors (Lipinski definition) is 2. The lowest BCUT2D eigenvalue weighted by Crippen LogP contribution is -2.31. The first-order chi connectivity index (χ1) is 12.9. The molecule has 2 aromatic carbocycles. The first kappa shape index (κ1) is 19.1. The minimum absolute atomic E-state index is 0.0455. The van der Waals surface area contributed by atoms with Crippen molar-refractivity contribution in [1.82, 2.24) is 4.90 Å². The smallest absolute Gasteiger partial charge is 0.295 e. The molecule has 5 nitrogen and oxygen atoms in total. The van der Waals surface area contributed by atoms with E-state index in [0.29, 0.717) is 22.6 Å². The molecule has 0 aliphatic carbocycles. The first-order valence-electron chi connectivity index (χ1n) is 8.66. The van der Waals surface area contributed by atoms with Crippen LogP contribution in [-0.2, 0) is 9.59 Å². The van der Waals surface area contributed by atoms with E-state index in [2.05, 4.69) is 0 Å². The van der Waals surface area contributed by atoms with Gasteiger partial charge in [0.05, 0.1) is 11.6 Å². The molecular formula is C21H20ClNO4. The number of hydrogen-bond acceptors (Lipinski definition) is 4. The first-order valence-corrected chi connectivity index (χ1v) is 9.03. The van der Waals surface area contributed by atoms with Gasteiger partial charge < -0.3 is 15.1 Å². The van der Waals surface area contributed by atoms with Crippen molar-refractivity contribution in [1.29, 1.82) is 0 Å². The maximum Gasteiger partial charge on any atom is 0.295 e. The van der Waals surface area contributed by atoms with E-state index in [0.717, 1.165) is 5.56 Å². The average Bonchev–Trinajstić information content (AvgIpc) is 2.91. The number of aryl methyl sites for hydroxylation is 1. The minimum atomic E-state index is -0.731. The van der Waals surface area contributed by atoms with Crippen molar-refractivity contribution in [3.63, 3.8) is 0 Å². The highest BCUT2D eigenvalue weighted by molar-refractivity contribution is 6.46. The Morgan fingerprint density at radius 1 is 1.07 bits per heavy atom. The van der Waals surface area contributed by atoms with Gasteiger partial charge in [0.1, 0.15) is 5.76 Å². The lowest BCUT2D eigenvalue weighted by Gasteiger charge is -2.25. The average molecular weight is 386 g/mol. The fourth-order valence-corrected chi connectivity index (χ4v) is 3.34. The van der Waals surface area contributed by atoms with Crippen LogP contribution in [0.25, 0.3) is 5.76 Å². The zero-order chi connectivity index (χ0) is 19.6. The highest BCUT2D eigenvalue weighted by Crippen LogP contribution is 2.39. The fourth-order valence-electron chi connectivity index (χ4n) is 3.21. The van der Waals surface area contributed by atoms with Gasteiger partial charge in [-0.15, -0.1) is 0 Å². The molecule has 140 valence electrons. The van der Waals surface area contributed by atoms with E-state index in [9.17, 15) is 14.7 Å². The summed E-state index contributed by atoms with van der Waals surface area (Å²) in [6, 6.07) is 13.2. The van der Waals surface area contributed by atoms with Crippen molar-refractivity contribution >= 4 is 29.1 Å². The molecule has 1 amide bonds. The molecule has 1 unspecified atom stereocenters. The van der Waals surface area contributed by atoms with Crippen molar-refractivity contribution in [2.24, 2.45) is 0 Å². The number of nitrogens with zero attached hydrogens (tertiary/aromatic N) is 1. The number of amides is 1. The monoisotopic (exact) mass is 385 g/mol. The second-order valence-electron chi connectivity index (χ2n) is 6.49. The van der Waals surface area contributed by atoms with Crippen molar-refractivity contribution in [2.45, 2.75) is 19.4 Å². The number of carbonyl (C=O) groups excluding carboxylic acids is 2. The Morgan fingerprint density at radius 2 is 1.70 bits per heavy atom. The molecule has 0 spiro atoms. The van der Waals surface area contributed by atoms with Gasteiger partial charge in [-0.2, -0.15) is 0 Å². The number of carbonyl (C=O) groups is 2. The van der Waals surface area contributed by atoms with Crippen molar-refractivity contribution < 1.29 is 19.8 Å². The molecule has 1 heterocycles. The number of Topliss-reactive ketones (excluding diaryl/α,β-unsaturated/α-hetero) is 1. The molecule has 27 heavy (non-hydrogen) atoms. The molecule has 0 aromatic heterocycles. The van der Waals surface area contributed by atoms with Crippen LogP contribution in [0.3, 0.4) is 0 Å². The van der Waals surface area contributed by atoms with Gasteiger partial charge in [-0.05, 0) is 31.0 Å². The summed E-state index contributed by atoms with van der Waals surface area (Å²) in [5.41, 5.74) is 2.21. The number of likely N-dealkylation sites (tertiary alicyclic amines) is 1. The summed E-state index contributed by atoms with van der Waals surface area (Å²) < 4.78 is 0. The number of ketones is 1. The molecule has 1 aliphatic rings. The van der Waals surface area contributed by atoms with Crippen molar-refractivity contribution in [3.8, 4) is 0 Å². The van der Waals surface area contributed by atoms with Crippen LogP contribution in [0, 0.1) is 6.92 Å². The molecule has 1 atom stereocenters. The Bertz CT molecular complexity index is 887. The molecule has 1 aliphatic heterocycles. The summed E-state index contributed by atoms with van der Waals surface area (Å²) >= 11 is 5.96. The third-order valence-electron chi connectivity index (χ3n) is 4.61. The fraction of sp³-hybridized carbons (Fsp3) is 0.238. The van der Waals surface area contributed by atoms with Crippen LogP contribution >= 0.6 is 11.6 Å². The van der Waals surface area contributed by atoms with Crippen LogP contribution in [-0.4, -0.2) is 40.0 Å². The minimum Gasteiger partial charge on any atom is -0.507 e. The maximum absolute atomic E-state index is 12.7. The quantitative estimate of drug-likeness (QED) is 0.469. The molecule has 1 fully saturated rings. The highest BCUT2D eigenvalue weighted by Gasteiger charge is 2.45. The summed E-state index contributed by atoms with van der Waals surface area (Å²) in [5.74, 6) is -1.62. The molecule has 0 bridgehead atoms. The summed E-state index contributed by atoms with van der Waals surface area (Å²) in [6.07, 6.45) is 0.335. The maximum atomic E-state index is 12.7. The van der Waals surface area contributed by atoms with E-state index >= 15 is 0 Å². The van der Waals surface area contributed by atoms with Gasteiger partial charge in [0, 0.05) is 23.7 Å². The van der Waals surface area contributed by atoms with Crippen molar-refractivity contribution in [2.75, 3.05) is 13.2 Å². The Kier molecular flexibility index (Phi) is 5.63. The zero-order valence-electron chi connectivity index (χ0n) is 14.9. The third-order valence-corrected chi connectivity index (χ3v) is 4.86. The van der Waals surface area contributed by atoms with Gasteiger partial charge in [0.2, 0.25) is 0 Å². The molecule has 6 heteroatoms. The molecule has 2 N–H and O–H groups in total. The van der Waals surface area contributed by atoms with Crippen LogP contribution < -0.4 is 0 Å². The standard InChI is InChI=1S/C21H20ClNO4/c1-13-3-5-15(6-4-13)19(25)17-18(14-7-9-16(22)10-8-14)23(11-2-12-24)21(27)20(17)26/h3-10,18,24-25H,2,11-12H2,1H3/b19-17-. The van der Waals surface area contributed by atoms with E-state index in [-0.39, 0.29) is 24.5 Å². The van der Waals surface area contributed by atoms with Gasteiger partial charge in [-0.3, -0.25) is 9.59 Å². The topological polar surface area (TPSA) is 77.8 Å². The van der Waals surface area contributed by atoms with E-state index in [4.69, 9.17) is 16.7 Å². The van der Waals surface area contributed by atoms with Gasteiger partial charge >= 0.3 is 0 Å². The summed E-state index contributed by atoms with van der Waals surface area (Å²) in [6.45, 7) is 2.03. The summed E-state index contributed by atoms with van der Waals surface area (Å²) in [5, 5.41) is 20.5. The third kappa shape index (κ3) is 3.75. The second-order valence-corrected chi connectivity index (χ2v) is 6.92. The van der Waals surface area contributed by atoms with Gasteiger partial charge in [0.15, 0.2) is 0 Å². The second kappa shape index (κ2) is 7.94. The van der Waals surface area contributed by atoms with Crippen LogP contribution in [0.2, 0.25) is 5.02 Å². The van der Waals surface area contributed by atoms with Crippen LogP contribution in [0.5, 0.6) is 0 Å². The highest BCUT2D eigenvalue weighted by atomic mass is 35.5. The van der Waals surface area contributed by atoms with E-state index in [1.54, 1.807) is 36.4 Å². The van der Waals surface area contributed by atoms with E-state index < -0.39 is 17.7 Å². The summed E-state index contributed by atoms with van der Waals surface area (Å²) in [7, 11) is 0. The number of halogens is 1. The van der Waals surface area contributed by atoms with E-state index in [1.807, 2.05) is 19.1 Å². The molecule has 2 aromatic rings. The van der Waals surface area contributed by atoms with Crippen LogP contribution in [0.15, 0.2) is 54.1 Å². The molecule has 0 radical (unpaired) electrons. The normalized spacial score (nSPS) is 18.9. The number of aliphatic hydroxyl groups is 2. The lowest BCUT2D eigenvalue weighted by molar-refractivity contribution is -0.140. The Hall–Kier alpha value is -2.63.